The van der Waals surface area contributed by atoms with Crippen molar-refractivity contribution < 1.29 is 13.5 Å². The van der Waals surface area contributed by atoms with Gasteiger partial charge in [0.1, 0.15) is 0 Å². The van der Waals surface area contributed by atoms with Gasteiger partial charge in [-0.3, -0.25) is 0 Å². The smallest absolute Gasteiger partial charge is 0.240 e. The number of benzene rings is 1. The molecule has 1 aromatic carbocycles. The molecule has 0 aromatic heterocycles. The number of aryl methyl sites for hydroxylation is 2. The maximum Gasteiger partial charge on any atom is 0.240 e. The highest BCUT2D eigenvalue weighted by Crippen LogP contribution is 2.14. The first-order valence-corrected chi connectivity index (χ1v) is 7.95. The molecule has 0 fully saturated rings. The van der Waals surface area contributed by atoms with Crippen molar-refractivity contribution in [3.63, 3.8) is 0 Å². The molecule has 1 rings (SSSR count). The number of aliphatic hydroxyl groups is 1. The Morgan fingerprint density at radius 3 is 2.37 bits per heavy atom. The normalized spacial score (nSPS) is 13.8. The number of sulfonamides is 1. The minimum absolute atomic E-state index is 0.0490. The Labute approximate surface area is 115 Å². The summed E-state index contributed by atoms with van der Waals surface area (Å²) in [5.41, 5.74) is 1.99. The van der Waals surface area contributed by atoms with Gasteiger partial charge in [-0.2, -0.15) is 0 Å². The van der Waals surface area contributed by atoms with Gasteiger partial charge in [0.15, 0.2) is 0 Å². The summed E-state index contributed by atoms with van der Waals surface area (Å²) in [6, 6.07) is 5.01. The van der Waals surface area contributed by atoms with E-state index in [9.17, 15) is 13.5 Å². The lowest BCUT2D eigenvalue weighted by atomic mass is 10.1. The summed E-state index contributed by atoms with van der Waals surface area (Å²) in [5, 5.41) is 9.70. The van der Waals surface area contributed by atoms with Crippen LogP contribution in [0.1, 0.15) is 31.4 Å². The van der Waals surface area contributed by atoms with Crippen molar-refractivity contribution in [1.29, 1.82) is 0 Å². The Morgan fingerprint density at radius 2 is 1.84 bits per heavy atom. The average Bonchev–Trinajstić information content (AvgIpc) is 2.29. The van der Waals surface area contributed by atoms with Gasteiger partial charge in [0.05, 0.1) is 11.0 Å². The van der Waals surface area contributed by atoms with Gasteiger partial charge in [-0.05, 0) is 49.4 Å². The number of nitrogens with one attached hydrogen (secondary N) is 1. The van der Waals surface area contributed by atoms with Crippen molar-refractivity contribution in [2.24, 2.45) is 5.92 Å². The van der Waals surface area contributed by atoms with E-state index in [0.29, 0.717) is 12.3 Å². The summed E-state index contributed by atoms with van der Waals surface area (Å²) in [7, 11) is -3.54. The van der Waals surface area contributed by atoms with Crippen LogP contribution in [0.25, 0.3) is 0 Å². The maximum atomic E-state index is 12.1. The molecule has 0 aliphatic rings. The fraction of sp³-hybridized carbons (Fsp3) is 0.571. The second-order valence-electron chi connectivity index (χ2n) is 5.38. The third kappa shape index (κ3) is 4.93. The summed E-state index contributed by atoms with van der Waals surface area (Å²) in [4.78, 5) is 0.243. The summed E-state index contributed by atoms with van der Waals surface area (Å²) < 4.78 is 26.6. The van der Waals surface area contributed by atoms with E-state index in [1.807, 2.05) is 27.7 Å². The molecule has 0 radical (unpaired) electrons. The van der Waals surface area contributed by atoms with Crippen LogP contribution in [0, 0.1) is 19.8 Å². The van der Waals surface area contributed by atoms with Gasteiger partial charge in [0, 0.05) is 6.54 Å². The van der Waals surface area contributed by atoms with Crippen LogP contribution in [0.15, 0.2) is 23.1 Å². The second kappa shape index (κ2) is 6.50. The summed E-state index contributed by atoms with van der Waals surface area (Å²) in [5.74, 6) is 0.334. The molecule has 2 N–H and O–H groups in total. The van der Waals surface area contributed by atoms with E-state index in [4.69, 9.17) is 0 Å². The zero-order valence-electron chi connectivity index (χ0n) is 12.0. The van der Waals surface area contributed by atoms with E-state index in [-0.39, 0.29) is 11.4 Å². The quantitative estimate of drug-likeness (QED) is 0.840. The Balaban J connectivity index is 2.73. The molecule has 0 spiro atoms. The number of hydrogen-bond acceptors (Lipinski definition) is 3. The molecule has 4 nitrogen and oxygen atoms in total. The third-order valence-corrected chi connectivity index (χ3v) is 4.46. The molecule has 0 aliphatic carbocycles. The fourth-order valence-electron chi connectivity index (χ4n) is 1.80. The monoisotopic (exact) mass is 285 g/mol. The predicted molar refractivity (Wildman–Crippen MR) is 76.6 cm³/mol. The van der Waals surface area contributed by atoms with E-state index in [2.05, 4.69) is 4.72 Å². The highest BCUT2D eigenvalue weighted by atomic mass is 32.2. The third-order valence-electron chi connectivity index (χ3n) is 3.04. The number of hydrogen-bond donors (Lipinski definition) is 2. The number of aliphatic hydroxyl groups excluding tert-OH is 1. The molecular weight excluding hydrogens is 262 g/mol. The Morgan fingerprint density at radius 1 is 1.21 bits per heavy atom. The molecule has 0 aliphatic heterocycles. The standard InChI is InChI=1S/C14H23NO3S/c1-10(2)7-13(16)9-15-19(17,18)14-6-5-11(3)12(4)8-14/h5-6,8,10,13,15-16H,7,9H2,1-4H3. The molecule has 1 unspecified atom stereocenters. The van der Waals surface area contributed by atoms with Crippen molar-refractivity contribution in [1.82, 2.24) is 4.72 Å². The molecule has 0 heterocycles. The van der Waals surface area contributed by atoms with Crippen LogP contribution in [0.4, 0.5) is 0 Å². The molecule has 0 bridgehead atoms. The Hall–Kier alpha value is -0.910. The molecule has 0 saturated carbocycles. The number of rotatable bonds is 6. The molecule has 5 heteroatoms. The average molecular weight is 285 g/mol. The lowest BCUT2D eigenvalue weighted by molar-refractivity contribution is 0.152. The molecule has 19 heavy (non-hydrogen) atoms. The molecule has 1 aromatic rings. The van der Waals surface area contributed by atoms with E-state index in [1.165, 1.54) is 0 Å². The van der Waals surface area contributed by atoms with E-state index >= 15 is 0 Å². The first-order chi connectivity index (χ1) is 8.72. The molecule has 0 amide bonds. The molecular formula is C14H23NO3S. The van der Waals surface area contributed by atoms with Crippen LogP contribution in [0.3, 0.4) is 0 Å². The van der Waals surface area contributed by atoms with E-state index < -0.39 is 16.1 Å². The Kier molecular flexibility index (Phi) is 5.52. The highest BCUT2D eigenvalue weighted by Gasteiger charge is 2.16. The van der Waals surface area contributed by atoms with Crippen molar-refractivity contribution >= 4 is 10.0 Å². The van der Waals surface area contributed by atoms with E-state index in [1.54, 1.807) is 18.2 Å². The Bertz CT molecular complexity index is 523. The maximum absolute atomic E-state index is 12.1. The van der Waals surface area contributed by atoms with Crippen LogP contribution in [0.5, 0.6) is 0 Å². The minimum Gasteiger partial charge on any atom is -0.392 e. The predicted octanol–water partition coefficient (Wildman–Crippen LogP) is 1.99. The molecule has 1 atom stereocenters. The minimum atomic E-state index is -3.54. The molecule has 108 valence electrons. The van der Waals surface area contributed by atoms with Crippen molar-refractivity contribution in [3.05, 3.63) is 29.3 Å². The summed E-state index contributed by atoms with van der Waals surface area (Å²) in [6.07, 6.45) is -0.0727. The lowest BCUT2D eigenvalue weighted by Crippen LogP contribution is -2.32. The fourth-order valence-corrected chi connectivity index (χ4v) is 2.96. The van der Waals surface area contributed by atoms with Gasteiger partial charge in [0.2, 0.25) is 10.0 Å². The summed E-state index contributed by atoms with van der Waals surface area (Å²) >= 11 is 0. The largest absolute Gasteiger partial charge is 0.392 e. The summed E-state index contributed by atoms with van der Waals surface area (Å²) in [6.45, 7) is 7.84. The van der Waals surface area contributed by atoms with Crippen molar-refractivity contribution in [2.75, 3.05) is 6.54 Å². The topological polar surface area (TPSA) is 66.4 Å². The van der Waals surface area contributed by atoms with Crippen LogP contribution >= 0.6 is 0 Å². The van der Waals surface area contributed by atoms with Crippen LogP contribution < -0.4 is 4.72 Å². The van der Waals surface area contributed by atoms with Crippen molar-refractivity contribution in [2.45, 2.75) is 45.1 Å². The molecule has 0 saturated heterocycles. The van der Waals surface area contributed by atoms with Crippen LogP contribution in [-0.2, 0) is 10.0 Å². The SMILES string of the molecule is Cc1ccc(S(=O)(=O)NCC(O)CC(C)C)cc1C. The van der Waals surface area contributed by atoms with E-state index in [0.717, 1.165) is 11.1 Å². The van der Waals surface area contributed by atoms with Gasteiger partial charge >= 0.3 is 0 Å². The van der Waals surface area contributed by atoms with Gasteiger partial charge in [-0.1, -0.05) is 19.9 Å². The van der Waals surface area contributed by atoms with Crippen LogP contribution in [-0.4, -0.2) is 26.2 Å². The van der Waals surface area contributed by atoms with Gasteiger partial charge < -0.3 is 5.11 Å². The zero-order chi connectivity index (χ0) is 14.6. The highest BCUT2D eigenvalue weighted by molar-refractivity contribution is 7.89. The van der Waals surface area contributed by atoms with Gasteiger partial charge in [0.25, 0.3) is 0 Å². The second-order valence-corrected chi connectivity index (χ2v) is 7.15. The van der Waals surface area contributed by atoms with Gasteiger partial charge in [-0.15, -0.1) is 0 Å². The lowest BCUT2D eigenvalue weighted by Gasteiger charge is -2.14. The first-order valence-electron chi connectivity index (χ1n) is 6.47. The van der Waals surface area contributed by atoms with Crippen LogP contribution in [0.2, 0.25) is 0 Å². The zero-order valence-corrected chi connectivity index (χ0v) is 12.8. The van der Waals surface area contributed by atoms with Gasteiger partial charge in [-0.25, -0.2) is 13.1 Å². The first kappa shape index (κ1) is 16.1. The van der Waals surface area contributed by atoms with Crippen molar-refractivity contribution in [3.8, 4) is 0 Å².